The van der Waals surface area contributed by atoms with Crippen LogP contribution in [-0.2, 0) is 0 Å². The zero-order chi connectivity index (χ0) is 12.7. The topological polar surface area (TPSA) is 58.4 Å². The highest BCUT2D eigenvalue weighted by Gasteiger charge is 2.41. The Balaban J connectivity index is 1.87. The van der Waals surface area contributed by atoms with E-state index in [1.54, 1.807) is 18.2 Å². The third-order valence-electron chi connectivity index (χ3n) is 4.31. The lowest BCUT2D eigenvalue weighted by atomic mass is 9.95. The van der Waals surface area contributed by atoms with E-state index in [-0.39, 0.29) is 10.6 Å². The van der Waals surface area contributed by atoms with Gasteiger partial charge in [0.15, 0.2) is 0 Å². The fraction of sp³-hybridized carbons (Fsp3) is 0.538. The van der Waals surface area contributed by atoms with Crippen LogP contribution < -0.4 is 10.2 Å². The number of non-ortho nitro benzene ring substituents is 1. The molecule has 3 unspecified atom stereocenters. The van der Waals surface area contributed by atoms with Crippen molar-refractivity contribution in [3.63, 3.8) is 0 Å². The van der Waals surface area contributed by atoms with Gasteiger partial charge in [-0.05, 0) is 24.8 Å². The lowest BCUT2D eigenvalue weighted by molar-refractivity contribution is -0.384. The molecule has 2 saturated heterocycles. The molecule has 1 aromatic carbocycles. The molecule has 2 aliphatic heterocycles. The van der Waals surface area contributed by atoms with Crippen LogP contribution in [-0.4, -0.2) is 30.6 Å². The predicted molar refractivity (Wildman–Crippen MR) is 69.8 cm³/mol. The van der Waals surface area contributed by atoms with E-state index in [9.17, 15) is 10.1 Å². The first-order valence-corrected chi connectivity index (χ1v) is 6.38. The number of nitro groups is 1. The molecule has 1 aromatic rings. The molecule has 0 amide bonds. The number of fused-ring (bicyclic) bond motifs is 1. The fourth-order valence-corrected chi connectivity index (χ4v) is 3.29. The highest BCUT2D eigenvalue weighted by Crippen LogP contribution is 2.36. The molecule has 3 rings (SSSR count). The molecule has 96 valence electrons. The van der Waals surface area contributed by atoms with E-state index in [0.717, 1.165) is 25.3 Å². The highest BCUT2D eigenvalue weighted by molar-refractivity contribution is 5.55. The largest absolute Gasteiger partial charge is 0.368 e. The fourth-order valence-electron chi connectivity index (χ4n) is 3.29. The molecule has 0 bridgehead atoms. The molecule has 0 radical (unpaired) electrons. The van der Waals surface area contributed by atoms with Gasteiger partial charge >= 0.3 is 0 Å². The molecule has 2 aliphatic rings. The van der Waals surface area contributed by atoms with E-state index < -0.39 is 0 Å². The number of rotatable bonds is 2. The quantitative estimate of drug-likeness (QED) is 0.637. The van der Waals surface area contributed by atoms with Crippen LogP contribution in [0, 0.1) is 22.0 Å². The van der Waals surface area contributed by atoms with Gasteiger partial charge < -0.3 is 10.2 Å². The summed E-state index contributed by atoms with van der Waals surface area (Å²) in [6, 6.07) is 7.43. The van der Waals surface area contributed by atoms with Gasteiger partial charge in [-0.15, -0.1) is 0 Å². The number of nitrogens with one attached hydrogen (secondary N) is 1. The van der Waals surface area contributed by atoms with E-state index in [0.29, 0.717) is 17.9 Å². The van der Waals surface area contributed by atoms with Gasteiger partial charge in [-0.2, -0.15) is 0 Å². The van der Waals surface area contributed by atoms with Crippen LogP contribution in [0.15, 0.2) is 24.3 Å². The van der Waals surface area contributed by atoms with E-state index in [1.807, 2.05) is 6.07 Å². The Bertz CT molecular complexity index is 477. The van der Waals surface area contributed by atoms with Crippen LogP contribution in [0.3, 0.4) is 0 Å². The third-order valence-corrected chi connectivity index (χ3v) is 4.31. The number of nitrogens with zero attached hydrogens (tertiary/aromatic N) is 2. The number of hydrogen-bond donors (Lipinski definition) is 1. The van der Waals surface area contributed by atoms with Gasteiger partial charge in [-0.1, -0.05) is 6.07 Å². The summed E-state index contributed by atoms with van der Waals surface area (Å²) in [5.41, 5.74) is 1.15. The predicted octanol–water partition coefficient (Wildman–Crippen LogP) is 1.64. The summed E-state index contributed by atoms with van der Waals surface area (Å²) in [6.07, 6.45) is 0. The standard InChI is InChI=1S/C13H17N3O2/c1-9-13-7-14-6-10(13)8-15(9)11-3-2-4-12(5-11)16(17)18/h2-5,9-10,13-14H,6-8H2,1H3. The van der Waals surface area contributed by atoms with E-state index >= 15 is 0 Å². The molecule has 5 nitrogen and oxygen atoms in total. The minimum atomic E-state index is -0.327. The Morgan fingerprint density at radius 3 is 3.00 bits per heavy atom. The first-order valence-electron chi connectivity index (χ1n) is 6.38. The summed E-state index contributed by atoms with van der Waals surface area (Å²) >= 11 is 0. The molecule has 0 aliphatic carbocycles. The molecule has 0 spiro atoms. The number of benzene rings is 1. The maximum Gasteiger partial charge on any atom is 0.271 e. The molecule has 3 atom stereocenters. The third kappa shape index (κ3) is 1.75. The maximum atomic E-state index is 10.8. The Morgan fingerprint density at radius 1 is 1.44 bits per heavy atom. The second-order valence-electron chi connectivity index (χ2n) is 5.25. The van der Waals surface area contributed by atoms with E-state index in [2.05, 4.69) is 17.1 Å². The van der Waals surface area contributed by atoms with E-state index in [1.165, 1.54) is 0 Å². The average Bonchev–Trinajstić information content (AvgIpc) is 2.93. The van der Waals surface area contributed by atoms with Crippen molar-refractivity contribution in [3.05, 3.63) is 34.4 Å². The monoisotopic (exact) mass is 247 g/mol. The smallest absolute Gasteiger partial charge is 0.271 e. The maximum absolute atomic E-state index is 10.8. The van der Waals surface area contributed by atoms with E-state index in [4.69, 9.17) is 0 Å². The lowest BCUT2D eigenvalue weighted by Gasteiger charge is -2.26. The van der Waals surface area contributed by atoms with Crippen LogP contribution in [0.2, 0.25) is 0 Å². The van der Waals surface area contributed by atoms with Crippen LogP contribution in [0.1, 0.15) is 6.92 Å². The number of nitro benzene ring substituents is 1. The summed E-state index contributed by atoms with van der Waals surface area (Å²) < 4.78 is 0. The van der Waals surface area contributed by atoms with Gasteiger partial charge in [0.2, 0.25) is 0 Å². The molecule has 0 aromatic heterocycles. The second-order valence-corrected chi connectivity index (χ2v) is 5.25. The Kier molecular flexibility index (Phi) is 2.70. The molecular formula is C13H17N3O2. The highest BCUT2D eigenvalue weighted by atomic mass is 16.6. The van der Waals surface area contributed by atoms with Gasteiger partial charge in [-0.3, -0.25) is 10.1 Å². The summed E-state index contributed by atoms with van der Waals surface area (Å²) in [5.74, 6) is 1.35. The zero-order valence-corrected chi connectivity index (χ0v) is 10.4. The minimum absolute atomic E-state index is 0.176. The minimum Gasteiger partial charge on any atom is -0.368 e. The Labute approximate surface area is 106 Å². The van der Waals surface area contributed by atoms with Crippen molar-refractivity contribution < 1.29 is 4.92 Å². The van der Waals surface area contributed by atoms with Crippen molar-refractivity contribution in [1.82, 2.24) is 5.32 Å². The van der Waals surface area contributed by atoms with Crippen molar-refractivity contribution >= 4 is 11.4 Å². The van der Waals surface area contributed by atoms with Gasteiger partial charge in [0.1, 0.15) is 0 Å². The van der Waals surface area contributed by atoms with Crippen LogP contribution in [0.4, 0.5) is 11.4 Å². The summed E-state index contributed by atoms with van der Waals surface area (Å²) in [4.78, 5) is 12.8. The van der Waals surface area contributed by atoms with Crippen LogP contribution in [0.25, 0.3) is 0 Å². The lowest BCUT2D eigenvalue weighted by Crippen LogP contribution is -2.33. The zero-order valence-electron chi connectivity index (χ0n) is 10.4. The van der Waals surface area contributed by atoms with Crippen LogP contribution >= 0.6 is 0 Å². The van der Waals surface area contributed by atoms with Gasteiger partial charge in [-0.25, -0.2) is 0 Å². The molecule has 5 heteroatoms. The summed E-state index contributed by atoms with van der Waals surface area (Å²) in [7, 11) is 0. The molecule has 2 heterocycles. The second kappa shape index (κ2) is 4.24. The number of hydrogen-bond acceptors (Lipinski definition) is 4. The number of anilines is 1. The normalized spacial score (nSPS) is 30.5. The molecular weight excluding hydrogens is 230 g/mol. The Morgan fingerprint density at radius 2 is 2.28 bits per heavy atom. The van der Waals surface area contributed by atoms with Gasteiger partial charge in [0.25, 0.3) is 5.69 Å². The van der Waals surface area contributed by atoms with Crippen molar-refractivity contribution in [2.24, 2.45) is 11.8 Å². The summed E-state index contributed by atoms with van der Waals surface area (Å²) in [6.45, 7) is 5.36. The first kappa shape index (κ1) is 11.5. The van der Waals surface area contributed by atoms with Gasteiger partial charge in [0, 0.05) is 43.5 Å². The molecule has 1 N–H and O–H groups in total. The summed E-state index contributed by atoms with van der Waals surface area (Å²) in [5, 5.41) is 14.2. The molecule has 2 fully saturated rings. The average molecular weight is 247 g/mol. The molecule has 18 heavy (non-hydrogen) atoms. The SMILES string of the molecule is CC1C2CNCC2CN1c1cccc([N+](=O)[O-])c1. The van der Waals surface area contributed by atoms with Crippen LogP contribution in [0.5, 0.6) is 0 Å². The van der Waals surface area contributed by atoms with Gasteiger partial charge in [0.05, 0.1) is 4.92 Å². The Hall–Kier alpha value is -1.62. The first-order chi connectivity index (χ1) is 8.66. The van der Waals surface area contributed by atoms with Crippen molar-refractivity contribution in [3.8, 4) is 0 Å². The van der Waals surface area contributed by atoms with Crippen molar-refractivity contribution in [1.29, 1.82) is 0 Å². The van der Waals surface area contributed by atoms with Crippen molar-refractivity contribution in [2.45, 2.75) is 13.0 Å². The van der Waals surface area contributed by atoms with Crippen molar-refractivity contribution in [2.75, 3.05) is 24.5 Å². The molecule has 0 saturated carbocycles.